The number of nitrogens with zero attached hydrogens (tertiary/aromatic N) is 2. The molecule has 1 aliphatic heterocycles. The quantitative estimate of drug-likeness (QED) is 0.917. The predicted octanol–water partition coefficient (Wildman–Crippen LogP) is 1.45. The number of carbonyl (C=O) groups excluding carboxylic acids is 1. The van der Waals surface area contributed by atoms with Crippen molar-refractivity contribution >= 4 is 29.7 Å². The molecule has 2 atom stereocenters. The van der Waals surface area contributed by atoms with E-state index in [-0.39, 0.29) is 30.3 Å². The van der Waals surface area contributed by atoms with E-state index in [4.69, 9.17) is 10.5 Å². The Balaban J connectivity index is 0.00000180. The number of thiazole rings is 1. The molecule has 1 saturated heterocycles. The molecule has 0 aromatic carbocycles. The maximum absolute atomic E-state index is 12.2. The molecule has 0 bridgehead atoms. The van der Waals surface area contributed by atoms with E-state index in [9.17, 15) is 4.79 Å². The normalized spacial score (nSPS) is 21.1. The SMILES string of the molecule is CC(C)[C@H](N)C(=O)N1CCOC(c2nccs2)C1.Cl. The number of amides is 1. The average molecular weight is 306 g/mol. The summed E-state index contributed by atoms with van der Waals surface area (Å²) in [5.41, 5.74) is 5.91. The highest BCUT2D eigenvalue weighted by Crippen LogP contribution is 2.24. The van der Waals surface area contributed by atoms with Gasteiger partial charge in [0.25, 0.3) is 0 Å². The number of hydrogen-bond acceptors (Lipinski definition) is 5. The van der Waals surface area contributed by atoms with Crippen molar-refractivity contribution in [2.24, 2.45) is 11.7 Å². The Morgan fingerprint density at radius 3 is 2.95 bits per heavy atom. The Labute approximate surface area is 123 Å². The Morgan fingerprint density at radius 2 is 2.37 bits per heavy atom. The van der Waals surface area contributed by atoms with E-state index in [0.29, 0.717) is 19.7 Å². The Bertz CT molecular complexity index is 400. The summed E-state index contributed by atoms with van der Waals surface area (Å²) in [6, 6.07) is -0.431. The molecule has 1 unspecified atom stereocenters. The van der Waals surface area contributed by atoms with Gasteiger partial charge < -0.3 is 15.4 Å². The van der Waals surface area contributed by atoms with Crippen molar-refractivity contribution in [2.45, 2.75) is 26.0 Å². The minimum absolute atomic E-state index is 0. The van der Waals surface area contributed by atoms with Crippen LogP contribution in [0.15, 0.2) is 11.6 Å². The van der Waals surface area contributed by atoms with Crippen molar-refractivity contribution in [2.75, 3.05) is 19.7 Å². The lowest BCUT2D eigenvalue weighted by Crippen LogP contribution is -2.51. The van der Waals surface area contributed by atoms with Gasteiger partial charge in [-0.3, -0.25) is 4.79 Å². The molecule has 2 N–H and O–H groups in total. The first kappa shape index (κ1) is 16.4. The summed E-state index contributed by atoms with van der Waals surface area (Å²) in [7, 11) is 0. The van der Waals surface area contributed by atoms with Gasteiger partial charge in [-0.25, -0.2) is 4.98 Å². The highest BCUT2D eigenvalue weighted by atomic mass is 35.5. The number of ether oxygens (including phenoxy) is 1. The predicted molar refractivity (Wildman–Crippen MR) is 77.4 cm³/mol. The largest absolute Gasteiger partial charge is 0.367 e. The number of halogens is 1. The molecule has 1 fully saturated rings. The van der Waals surface area contributed by atoms with Crippen LogP contribution in [0.1, 0.15) is 25.0 Å². The molecule has 0 saturated carbocycles. The van der Waals surface area contributed by atoms with E-state index >= 15 is 0 Å². The molecule has 0 radical (unpaired) electrons. The van der Waals surface area contributed by atoms with Gasteiger partial charge in [-0.2, -0.15) is 0 Å². The summed E-state index contributed by atoms with van der Waals surface area (Å²) in [5.74, 6) is 0.161. The fourth-order valence-electron chi connectivity index (χ4n) is 1.89. The summed E-state index contributed by atoms with van der Waals surface area (Å²) in [5, 5.41) is 2.84. The smallest absolute Gasteiger partial charge is 0.239 e. The zero-order valence-electron chi connectivity index (χ0n) is 11.1. The first-order valence-corrected chi connectivity index (χ1v) is 7.03. The van der Waals surface area contributed by atoms with Gasteiger partial charge in [-0.1, -0.05) is 13.8 Å². The van der Waals surface area contributed by atoms with Gasteiger partial charge in [0.2, 0.25) is 5.91 Å². The maximum atomic E-state index is 12.2. The van der Waals surface area contributed by atoms with Crippen LogP contribution in [0.5, 0.6) is 0 Å². The van der Waals surface area contributed by atoms with Crippen LogP contribution in [-0.2, 0) is 9.53 Å². The minimum atomic E-state index is -0.431. The molecule has 0 spiro atoms. The van der Waals surface area contributed by atoms with Crippen molar-refractivity contribution in [1.29, 1.82) is 0 Å². The van der Waals surface area contributed by atoms with Crippen molar-refractivity contribution in [3.05, 3.63) is 16.6 Å². The molecule has 19 heavy (non-hydrogen) atoms. The van der Waals surface area contributed by atoms with Gasteiger partial charge in [0.15, 0.2) is 0 Å². The second-order valence-electron chi connectivity index (χ2n) is 4.78. The van der Waals surface area contributed by atoms with Crippen molar-refractivity contribution in [1.82, 2.24) is 9.88 Å². The summed E-state index contributed by atoms with van der Waals surface area (Å²) < 4.78 is 5.66. The summed E-state index contributed by atoms with van der Waals surface area (Å²) in [6.07, 6.45) is 1.64. The van der Waals surface area contributed by atoms with Gasteiger partial charge in [0.05, 0.1) is 19.2 Å². The van der Waals surface area contributed by atoms with Crippen LogP contribution in [0.2, 0.25) is 0 Å². The van der Waals surface area contributed by atoms with Crippen molar-refractivity contribution in [3.63, 3.8) is 0 Å². The van der Waals surface area contributed by atoms with E-state index in [1.165, 1.54) is 0 Å². The van der Waals surface area contributed by atoms with E-state index in [1.54, 1.807) is 22.4 Å². The van der Waals surface area contributed by atoms with Gasteiger partial charge in [-0.05, 0) is 5.92 Å². The van der Waals surface area contributed by atoms with Crippen molar-refractivity contribution in [3.8, 4) is 0 Å². The van der Waals surface area contributed by atoms with Gasteiger partial charge in [-0.15, -0.1) is 23.7 Å². The first-order chi connectivity index (χ1) is 8.59. The number of carbonyl (C=O) groups is 1. The fraction of sp³-hybridized carbons (Fsp3) is 0.667. The molecular formula is C12H20ClN3O2S. The topological polar surface area (TPSA) is 68.5 Å². The van der Waals surface area contributed by atoms with E-state index < -0.39 is 6.04 Å². The Morgan fingerprint density at radius 1 is 1.63 bits per heavy atom. The van der Waals surface area contributed by atoms with E-state index in [1.807, 2.05) is 19.2 Å². The standard InChI is InChI=1S/C12H19N3O2S.ClH/c1-8(2)10(13)12(16)15-4-5-17-9(7-15)11-14-3-6-18-11;/h3,6,8-10H,4-5,7,13H2,1-2H3;1H/t9?,10-;/m0./s1. The third-order valence-electron chi connectivity index (χ3n) is 3.11. The second-order valence-corrected chi connectivity index (χ2v) is 5.71. The van der Waals surface area contributed by atoms with Crippen LogP contribution >= 0.6 is 23.7 Å². The van der Waals surface area contributed by atoms with Gasteiger partial charge >= 0.3 is 0 Å². The zero-order valence-corrected chi connectivity index (χ0v) is 12.7. The first-order valence-electron chi connectivity index (χ1n) is 6.15. The van der Waals surface area contributed by atoms with Crippen LogP contribution < -0.4 is 5.73 Å². The molecule has 108 valence electrons. The number of hydrogen-bond donors (Lipinski definition) is 1. The lowest BCUT2D eigenvalue weighted by molar-refractivity contribution is -0.141. The van der Waals surface area contributed by atoms with Crippen molar-refractivity contribution < 1.29 is 9.53 Å². The molecule has 2 heterocycles. The third-order valence-corrected chi connectivity index (χ3v) is 3.98. The van der Waals surface area contributed by atoms with E-state index in [0.717, 1.165) is 5.01 Å². The Kier molecular flexibility index (Phi) is 6.19. The summed E-state index contributed by atoms with van der Waals surface area (Å²) >= 11 is 1.55. The van der Waals surface area contributed by atoms with Gasteiger partial charge in [0, 0.05) is 18.1 Å². The second kappa shape index (κ2) is 7.19. The van der Waals surface area contributed by atoms with E-state index in [2.05, 4.69) is 4.98 Å². The molecule has 7 heteroatoms. The number of nitrogens with two attached hydrogens (primary N) is 1. The average Bonchev–Trinajstić information content (AvgIpc) is 2.91. The molecule has 1 aromatic heterocycles. The summed E-state index contributed by atoms with van der Waals surface area (Å²) in [6.45, 7) is 5.62. The lowest BCUT2D eigenvalue weighted by Gasteiger charge is -2.34. The van der Waals surface area contributed by atoms with Gasteiger partial charge in [0.1, 0.15) is 11.1 Å². The molecule has 2 rings (SSSR count). The van der Waals surface area contributed by atoms with Crippen LogP contribution in [-0.4, -0.2) is 41.5 Å². The summed E-state index contributed by atoms with van der Waals surface area (Å²) in [4.78, 5) is 18.2. The third kappa shape index (κ3) is 3.89. The monoisotopic (exact) mass is 305 g/mol. The molecule has 5 nitrogen and oxygen atoms in total. The molecule has 1 aliphatic rings. The maximum Gasteiger partial charge on any atom is 0.239 e. The molecule has 0 aliphatic carbocycles. The van der Waals surface area contributed by atoms with Crippen LogP contribution in [0.4, 0.5) is 0 Å². The molecule has 1 aromatic rings. The van der Waals surface area contributed by atoms with Crippen LogP contribution in [0.3, 0.4) is 0 Å². The number of morpholine rings is 1. The highest BCUT2D eigenvalue weighted by molar-refractivity contribution is 7.09. The number of aromatic nitrogens is 1. The zero-order chi connectivity index (χ0) is 13.1. The Hall–Kier alpha value is -0.690. The highest BCUT2D eigenvalue weighted by Gasteiger charge is 2.30. The molecular weight excluding hydrogens is 286 g/mol. The molecule has 1 amide bonds. The lowest BCUT2D eigenvalue weighted by atomic mass is 10.0. The minimum Gasteiger partial charge on any atom is -0.367 e. The van der Waals surface area contributed by atoms with Crippen LogP contribution in [0.25, 0.3) is 0 Å². The number of rotatable bonds is 3. The van der Waals surface area contributed by atoms with Crippen LogP contribution in [0, 0.1) is 5.92 Å². The fourth-order valence-corrected chi connectivity index (χ4v) is 2.57.